The van der Waals surface area contributed by atoms with E-state index in [-0.39, 0.29) is 5.91 Å². The highest BCUT2D eigenvalue weighted by atomic mass is 16.2. The molecule has 0 atom stereocenters. The molecule has 1 aromatic heterocycles. The zero-order valence-corrected chi connectivity index (χ0v) is 20.2. The minimum absolute atomic E-state index is 0.127. The Hall–Kier alpha value is -3.08. The number of rotatable bonds is 6. The zero-order chi connectivity index (χ0) is 23.3. The molecular formula is C29H34N4O. The fourth-order valence-corrected chi connectivity index (χ4v) is 5.36. The number of piperazine rings is 1. The summed E-state index contributed by atoms with van der Waals surface area (Å²) in [5.41, 5.74) is 5.83. The second kappa shape index (κ2) is 8.30. The number of hydrogen-bond acceptors (Lipinski definition) is 3. The van der Waals surface area contributed by atoms with E-state index in [0.29, 0.717) is 5.41 Å². The second-order valence-electron chi connectivity index (χ2n) is 10.8. The normalized spacial score (nSPS) is 19.8. The summed E-state index contributed by atoms with van der Waals surface area (Å²) in [6.07, 6.45) is 8.48. The monoisotopic (exact) mass is 454 g/mol. The van der Waals surface area contributed by atoms with Gasteiger partial charge in [0.05, 0.1) is 11.7 Å². The van der Waals surface area contributed by atoms with E-state index < -0.39 is 0 Å². The topological polar surface area (TPSA) is 41.4 Å². The smallest absolute Gasteiger partial charge is 0.253 e. The van der Waals surface area contributed by atoms with Crippen LogP contribution >= 0.6 is 0 Å². The van der Waals surface area contributed by atoms with Crippen molar-refractivity contribution >= 4 is 16.8 Å². The van der Waals surface area contributed by atoms with Gasteiger partial charge in [0.15, 0.2) is 0 Å². The Balaban J connectivity index is 1.11. The highest BCUT2D eigenvalue weighted by Crippen LogP contribution is 2.51. The van der Waals surface area contributed by atoms with Crippen LogP contribution in [-0.2, 0) is 6.54 Å². The molecule has 5 nitrogen and oxygen atoms in total. The zero-order valence-electron chi connectivity index (χ0n) is 20.2. The first-order valence-electron chi connectivity index (χ1n) is 12.8. The highest BCUT2D eigenvalue weighted by Gasteiger charge is 2.42. The van der Waals surface area contributed by atoms with Crippen molar-refractivity contribution in [2.75, 3.05) is 26.2 Å². The maximum atomic E-state index is 13.1. The third kappa shape index (κ3) is 3.91. The van der Waals surface area contributed by atoms with Gasteiger partial charge in [-0.1, -0.05) is 38.1 Å². The number of hydrogen-bond donors (Lipinski definition) is 0. The Morgan fingerprint density at radius 2 is 1.68 bits per heavy atom. The predicted molar refractivity (Wildman–Crippen MR) is 136 cm³/mol. The van der Waals surface area contributed by atoms with Gasteiger partial charge in [0.2, 0.25) is 0 Å². The van der Waals surface area contributed by atoms with E-state index in [0.717, 1.165) is 55.3 Å². The van der Waals surface area contributed by atoms with Crippen LogP contribution in [-0.4, -0.2) is 51.7 Å². The lowest BCUT2D eigenvalue weighted by molar-refractivity contribution is 0.0659. The van der Waals surface area contributed by atoms with Crippen LogP contribution in [0.4, 0.5) is 0 Å². The Bertz CT molecular complexity index is 1220. The van der Waals surface area contributed by atoms with E-state index >= 15 is 0 Å². The summed E-state index contributed by atoms with van der Waals surface area (Å²) >= 11 is 0. The summed E-state index contributed by atoms with van der Waals surface area (Å²) < 4.78 is 2.16. The van der Waals surface area contributed by atoms with Gasteiger partial charge >= 0.3 is 0 Å². The van der Waals surface area contributed by atoms with E-state index in [9.17, 15) is 4.79 Å². The van der Waals surface area contributed by atoms with Crippen LogP contribution < -0.4 is 0 Å². The molecule has 2 heterocycles. The van der Waals surface area contributed by atoms with Gasteiger partial charge in [0, 0.05) is 54.8 Å². The molecule has 0 N–H and O–H groups in total. The van der Waals surface area contributed by atoms with Gasteiger partial charge in [0.25, 0.3) is 5.91 Å². The van der Waals surface area contributed by atoms with Gasteiger partial charge in [0.1, 0.15) is 0 Å². The van der Waals surface area contributed by atoms with Gasteiger partial charge < -0.3 is 9.80 Å². The van der Waals surface area contributed by atoms with E-state index in [1.165, 1.54) is 48.7 Å². The van der Waals surface area contributed by atoms with Gasteiger partial charge in [-0.2, -0.15) is 5.10 Å². The van der Waals surface area contributed by atoms with E-state index in [1.807, 2.05) is 23.2 Å². The molecule has 2 saturated carbocycles. The first-order valence-corrected chi connectivity index (χ1v) is 12.8. The van der Waals surface area contributed by atoms with E-state index in [1.54, 1.807) is 0 Å². The van der Waals surface area contributed by atoms with Gasteiger partial charge in [-0.3, -0.25) is 9.48 Å². The summed E-state index contributed by atoms with van der Waals surface area (Å²) in [4.78, 5) is 17.5. The molecule has 0 radical (unpaired) electrons. The minimum atomic E-state index is 0.127. The standard InChI is InChI=1S/C29H34N4O/c1-21(29(2)12-13-29)31-14-16-32(17-15-31)28(34)24-8-6-23(7-9-24)25-10-11-27-26(18-25)19-30-33(27)20-22-4-3-5-22/h6-11,18-19,22H,1,3-5,12-17,20H2,2H3. The molecule has 6 rings (SSSR count). The number of nitrogens with zero attached hydrogens (tertiary/aromatic N) is 4. The average Bonchev–Trinajstić information content (AvgIpc) is 3.48. The number of carbonyl (C=O) groups is 1. The lowest BCUT2D eigenvalue weighted by atomic mass is 9.85. The molecule has 0 bridgehead atoms. The Labute approximate surface area is 202 Å². The Morgan fingerprint density at radius 3 is 2.32 bits per heavy atom. The van der Waals surface area contributed by atoms with Crippen molar-refractivity contribution in [1.29, 1.82) is 0 Å². The first kappa shape index (κ1) is 21.5. The number of amides is 1. The molecule has 3 aromatic rings. The number of fused-ring (bicyclic) bond motifs is 1. The first-order chi connectivity index (χ1) is 16.5. The Kier molecular flexibility index (Phi) is 5.23. The van der Waals surface area contributed by atoms with Gasteiger partial charge in [-0.25, -0.2) is 0 Å². The molecule has 0 unspecified atom stereocenters. The van der Waals surface area contributed by atoms with Crippen LogP contribution in [0.1, 0.15) is 49.4 Å². The second-order valence-corrected chi connectivity index (χ2v) is 10.8. The molecule has 2 aromatic carbocycles. The van der Waals surface area contributed by atoms with Crippen molar-refractivity contribution < 1.29 is 4.79 Å². The minimum Gasteiger partial charge on any atom is -0.371 e. The largest absolute Gasteiger partial charge is 0.371 e. The van der Waals surface area contributed by atoms with Crippen molar-refractivity contribution in [2.45, 2.75) is 45.6 Å². The summed E-state index contributed by atoms with van der Waals surface area (Å²) in [7, 11) is 0. The Morgan fingerprint density at radius 1 is 1.00 bits per heavy atom. The number of carbonyl (C=O) groups excluding carboxylic acids is 1. The van der Waals surface area contributed by atoms with Crippen molar-refractivity contribution in [2.24, 2.45) is 11.3 Å². The predicted octanol–water partition coefficient (Wildman–Crippen LogP) is 5.58. The molecule has 1 aliphatic heterocycles. The van der Waals surface area contributed by atoms with Crippen molar-refractivity contribution in [3.8, 4) is 11.1 Å². The van der Waals surface area contributed by atoms with Crippen molar-refractivity contribution in [3.05, 3.63) is 66.5 Å². The molecule has 3 aliphatic rings. The molecule has 5 heteroatoms. The highest BCUT2D eigenvalue weighted by molar-refractivity contribution is 5.95. The third-order valence-electron chi connectivity index (χ3n) is 8.41. The van der Waals surface area contributed by atoms with E-state index in [2.05, 4.69) is 58.5 Å². The lowest BCUT2D eigenvalue weighted by Gasteiger charge is -2.39. The third-order valence-corrected chi connectivity index (χ3v) is 8.41. The molecule has 34 heavy (non-hydrogen) atoms. The molecule has 3 fully saturated rings. The van der Waals surface area contributed by atoms with Crippen LogP contribution in [0.15, 0.2) is 60.9 Å². The maximum Gasteiger partial charge on any atom is 0.253 e. The van der Waals surface area contributed by atoms with Crippen molar-refractivity contribution in [1.82, 2.24) is 19.6 Å². The van der Waals surface area contributed by atoms with Crippen LogP contribution in [0, 0.1) is 11.3 Å². The van der Waals surface area contributed by atoms with E-state index in [4.69, 9.17) is 0 Å². The molecule has 2 aliphatic carbocycles. The molecule has 0 spiro atoms. The van der Waals surface area contributed by atoms with Crippen LogP contribution in [0.25, 0.3) is 22.0 Å². The summed E-state index contributed by atoms with van der Waals surface area (Å²) in [5.74, 6) is 0.915. The number of aromatic nitrogens is 2. The van der Waals surface area contributed by atoms with Crippen LogP contribution in [0.5, 0.6) is 0 Å². The molecule has 176 valence electrons. The SMILES string of the molecule is C=C(N1CCN(C(=O)c2ccc(-c3ccc4c(cnn4CC4CCC4)c3)cc2)CC1)C1(C)CC1. The fraction of sp³-hybridized carbons (Fsp3) is 0.448. The maximum absolute atomic E-state index is 13.1. The molecular weight excluding hydrogens is 420 g/mol. The average molecular weight is 455 g/mol. The van der Waals surface area contributed by atoms with Crippen LogP contribution in [0.3, 0.4) is 0 Å². The van der Waals surface area contributed by atoms with Crippen molar-refractivity contribution in [3.63, 3.8) is 0 Å². The number of allylic oxidation sites excluding steroid dienone is 1. The lowest BCUT2D eigenvalue weighted by Crippen LogP contribution is -2.48. The summed E-state index contributed by atoms with van der Waals surface area (Å²) in [6.45, 7) is 10.9. The van der Waals surface area contributed by atoms with Gasteiger partial charge in [-0.15, -0.1) is 0 Å². The fourth-order valence-electron chi connectivity index (χ4n) is 5.36. The molecule has 1 saturated heterocycles. The van der Waals surface area contributed by atoms with Crippen LogP contribution in [0.2, 0.25) is 0 Å². The number of benzene rings is 2. The molecule has 1 amide bonds. The quantitative estimate of drug-likeness (QED) is 0.489. The summed E-state index contributed by atoms with van der Waals surface area (Å²) in [5, 5.41) is 5.81. The summed E-state index contributed by atoms with van der Waals surface area (Å²) in [6, 6.07) is 14.6. The van der Waals surface area contributed by atoms with Gasteiger partial charge in [-0.05, 0) is 67.0 Å².